The average Bonchev–Trinajstić information content (AvgIpc) is 2.67. The summed E-state index contributed by atoms with van der Waals surface area (Å²) in [5.41, 5.74) is 7.02. The molecule has 0 saturated heterocycles. The molecule has 0 aliphatic heterocycles. The van der Waals surface area contributed by atoms with Crippen LogP contribution in [0, 0.1) is 5.92 Å². The minimum absolute atomic E-state index is 0.188. The molecule has 2 N–H and O–H groups in total. The molecule has 0 bridgehead atoms. The molecular weight excluding hydrogens is 210 g/mol. The van der Waals surface area contributed by atoms with Crippen molar-refractivity contribution < 1.29 is 4.79 Å². The Hall–Kier alpha value is -1.15. The first-order chi connectivity index (χ1) is 8.29. The fraction of sp³-hybridized carbons (Fsp3) is 0.533. The number of hydrogen-bond acceptors (Lipinski definition) is 2. The van der Waals surface area contributed by atoms with E-state index < -0.39 is 6.04 Å². The van der Waals surface area contributed by atoms with Gasteiger partial charge in [-0.25, -0.2) is 0 Å². The second-order valence-corrected chi connectivity index (χ2v) is 4.98. The lowest BCUT2D eigenvalue weighted by Crippen LogP contribution is -2.28. The fourth-order valence-electron chi connectivity index (χ4n) is 2.64. The largest absolute Gasteiger partial charge is 0.318 e. The van der Waals surface area contributed by atoms with E-state index in [0.29, 0.717) is 0 Å². The van der Waals surface area contributed by atoms with E-state index in [-0.39, 0.29) is 11.7 Å². The van der Waals surface area contributed by atoms with Crippen molar-refractivity contribution in [2.75, 3.05) is 0 Å². The highest BCUT2D eigenvalue weighted by molar-refractivity contribution is 5.87. The van der Waals surface area contributed by atoms with Crippen molar-refractivity contribution in [3.05, 3.63) is 35.9 Å². The SMILES string of the molecule is N[C@@H](C(=O)C1CCCCCC1)c1ccccc1. The standard InChI is InChI=1S/C15H21NO/c16-14(12-8-6-3-7-9-12)15(17)13-10-4-1-2-5-11-13/h3,6-9,13-14H,1-2,4-5,10-11,16H2/t14-/m1/s1. The first kappa shape index (κ1) is 12.3. The average molecular weight is 231 g/mol. The zero-order chi connectivity index (χ0) is 12.1. The van der Waals surface area contributed by atoms with Gasteiger partial charge in [0.05, 0.1) is 6.04 Å². The third kappa shape index (κ3) is 3.16. The van der Waals surface area contributed by atoms with E-state index in [1.165, 1.54) is 25.7 Å². The van der Waals surface area contributed by atoms with Crippen molar-refractivity contribution in [2.45, 2.75) is 44.6 Å². The summed E-state index contributed by atoms with van der Waals surface area (Å²) in [6.07, 6.45) is 6.95. The summed E-state index contributed by atoms with van der Waals surface area (Å²) in [6, 6.07) is 9.29. The van der Waals surface area contributed by atoms with Gasteiger partial charge in [0.1, 0.15) is 0 Å². The molecule has 17 heavy (non-hydrogen) atoms. The molecule has 0 spiro atoms. The number of ketones is 1. The molecule has 0 heterocycles. The topological polar surface area (TPSA) is 43.1 Å². The fourth-order valence-corrected chi connectivity index (χ4v) is 2.64. The third-order valence-corrected chi connectivity index (χ3v) is 3.72. The van der Waals surface area contributed by atoms with Crippen LogP contribution in [0.2, 0.25) is 0 Å². The minimum atomic E-state index is -0.431. The van der Waals surface area contributed by atoms with Gasteiger partial charge in [-0.1, -0.05) is 56.0 Å². The van der Waals surface area contributed by atoms with Crippen LogP contribution in [0.15, 0.2) is 30.3 Å². The van der Waals surface area contributed by atoms with Crippen molar-refractivity contribution in [1.29, 1.82) is 0 Å². The van der Waals surface area contributed by atoms with Gasteiger partial charge in [0.25, 0.3) is 0 Å². The highest BCUT2D eigenvalue weighted by Crippen LogP contribution is 2.27. The Morgan fingerprint density at radius 1 is 1.06 bits per heavy atom. The molecule has 1 aromatic rings. The predicted octanol–water partition coefficient (Wildman–Crippen LogP) is 3.23. The lowest BCUT2D eigenvalue weighted by molar-refractivity contribution is -0.124. The molecular formula is C15H21NO. The Labute approximate surface area is 103 Å². The summed E-state index contributed by atoms with van der Waals surface area (Å²) >= 11 is 0. The second-order valence-electron chi connectivity index (χ2n) is 4.98. The third-order valence-electron chi connectivity index (χ3n) is 3.72. The van der Waals surface area contributed by atoms with Crippen LogP contribution in [0.25, 0.3) is 0 Å². The van der Waals surface area contributed by atoms with Crippen molar-refractivity contribution in [3.63, 3.8) is 0 Å². The van der Waals surface area contributed by atoms with E-state index in [0.717, 1.165) is 18.4 Å². The summed E-state index contributed by atoms with van der Waals surface area (Å²) < 4.78 is 0. The molecule has 2 nitrogen and oxygen atoms in total. The summed E-state index contributed by atoms with van der Waals surface area (Å²) in [4.78, 5) is 12.3. The highest BCUT2D eigenvalue weighted by atomic mass is 16.1. The molecule has 0 aromatic heterocycles. The first-order valence-corrected chi connectivity index (χ1v) is 6.63. The van der Waals surface area contributed by atoms with Gasteiger partial charge in [0.2, 0.25) is 0 Å². The van der Waals surface area contributed by atoms with E-state index in [9.17, 15) is 4.79 Å². The molecule has 1 aliphatic carbocycles. The van der Waals surface area contributed by atoms with Gasteiger partial charge in [0, 0.05) is 5.92 Å². The van der Waals surface area contributed by atoms with Gasteiger partial charge in [0.15, 0.2) is 5.78 Å². The van der Waals surface area contributed by atoms with Gasteiger partial charge in [-0.05, 0) is 18.4 Å². The number of nitrogens with two attached hydrogens (primary N) is 1. The van der Waals surface area contributed by atoms with Crippen molar-refractivity contribution >= 4 is 5.78 Å². The van der Waals surface area contributed by atoms with E-state index in [2.05, 4.69) is 0 Å². The van der Waals surface area contributed by atoms with Gasteiger partial charge in [-0.2, -0.15) is 0 Å². The van der Waals surface area contributed by atoms with E-state index in [4.69, 9.17) is 5.73 Å². The van der Waals surface area contributed by atoms with Crippen molar-refractivity contribution in [1.82, 2.24) is 0 Å². The summed E-state index contributed by atoms with van der Waals surface area (Å²) in [5.74, 6) is 0.422. The van der Waals surface area contributed by atoms with E-state index in [1.807, 2.05) is 30.3 Å². The van der Waals surface area contributed by atoms with Crippen LogP contribution in [0.4, 0.5) is 0 Å². The van der Waals surface area contributed by atoms with Gasteiger partial charge in [-0.3, -0.25) is 4.79 Å². The van der Waals surface area contributed by atoms with Crippen LogP contribution in [0.5, 0.6) is 0 Å². The predicted molar refractivity (Wildman–Crippen MR) is 69.6 cm³/mol. The molecule has 0 radical (unpaired) electrons. The molecule has 92 valence electrons. The van der Waals surface area contributed by atoms with Crippen LogP contribution in [0.1, 0.15) is 50.1 Å². The quantitative estimate of drug-likeness (QED) is 0.812. The summed E-state index contributed by atoms with van der Waals surface area (Å²) in [6.45, 7) is 0. The maximum Gasteiger partial charge on any atom is 0.157 e. The Balaban J connectivity index is 2.03. The highest BCUT2D eigenvalue weighted by Gasteiger charge is 2.25. The van der Waals surface area contributed by atoms with Crippen LogP contribution >= 0.6 is 0 Å². The number of carbonyl (C=O) groups excluding carboxylic acids is 1. The zero-order valence-electron chi connectivity index (χ0n) is 10.3. The number of Topliss-reactive ketones (excluding diaryl/α,β-unsaturated/α-hetero) is 1. The van der Waals surface area contributed by atoms with Crippen molar-refractivity contribution in [2.24, 2.45) is 11.7 Å². The van der Waals surface area contributed by atoms with E-state index in [1.54, 1.807) is 0 Å². The van der Waals surface area contributed by atoms with Gasteiger partial charge in [-0.15, -0.1) is 0 Å². The molecule has 1 fully saturated rings. The maximum atomic E-state index is 12.3. The molecule has 2 heteroatoms. The molecule has 1 aliphatic rings. The number of rotatable bonds is 3. The first-order valence-electron chi connectivity index (χ1n) is 6.63. The summed E-state index contributed by atoms with van der Waals surface area (Å²) in [7, 11) is 0. The van der Waals surface area contributed by atoms with Crippen LogP contribution < -0.4 is 5.73 Å². The van der Waals surface area contributed by atoms with Gasteiger partial charge >= 0.3 is 0 Å². The molecule has 1 atom stereocenters. The Kier molecular flexibility index (Phi) is 4.32. The normalized spacial score (nSPS) is 19.6. The number of hydrogen-bond donors (Lipinski definition) is 1. The lowest BCUT2D eigenvalue weighted by atomic mass is 9.88. The second kappa shape index (κ2) is 5.97. The molecule has 1 saturated carbocycles. The molecule has 1 aromatic carbocycles. The maximum absolute atomic E-state index is 12.3. The van der Waals surface area contributed by atoms with Crippen LogP contribution in [-0.4, -0.2) is 5.78 Å². The number of carbonyl (C=O) groups is 1. The van der Waals surface area contributed by atoms with Gasteiger partial charge < -0.3 is 5.73 Å². The Morgan fingerprint density at radius 2 is 1.65 bits per heavy atom. The minimum Gasteiger partial charge on any atom is -0.318 e. The zero-order valence-corrected chi connectivity index (χ0v) is 10.3. The Morgan fingerprint density at radius 3 is 2.24 bits per heavy atom. The molecule has 0 amide bonds. The monoisotopic (exact) mass is 231 g/mol. The number of benzene rings is 1. The molecule has 0 unspecified atom stereocenters. The molecule has 2 rings (SSSR count). The van der Waals surface area contributed by atoms with Crippen LogP contribution in [0.3, 0.4) is 0 Å². The smallest absolute Gasteiger partial charge is 0.157 e. The Bertz CT molecular complexity index is 352. The van der Waals surface area contributed by atoms with Crippen LogP contribution in [-0.2, 0) is 4.79 Å². The van der Waals surface area contributed by atoms with Crippen molar-refractivity contribution in [3.8, 4) is 0 Å². The summed E-state index contributed by atoms with van der Waals surface area (Å²) in [5, 5.41) is 0. The lowest BCUT2D eigenvalue weighted by Gasteiger charge is -2.18. The van der Waals surface area contributed by atoms with E-state index >= 15 is 0 Å².